The van der Waals surface area contributed by atoms with E-state index in [-0.39, 0.29) is 11.8 Å². The molecule has 0 bridgehead atoms. The number of hydrogen-bond acceptors (Lipinski definition) is 3. The minimum Gasteiger partial charge on any atom is -0.505 e. The number of benzene rings is 1. The van der Waals surface area contributed by atoms with Gasteiger partial charge in [0, 0.05) is 5.56 Å². The largest absolute Gasteiger partial charge is 0.505 e. The van der Waals surface area contributed by atoms with Crippen LogP contribution in [0.4, 0.5) is 0 Å². The van der Waals surface area contributed by atoms with Gasteiger partial charge in [0.15, 0.2) is 0 Å². The molecule has 1 aliphatic rings. The molecule has 1 heterocycles. The molecule has 1 aromatic rings. The molecule has 0 amide bonds. The summed E-state index contributed by atoms with van der Waals surface area (Å²) in [6.07, 6.45) is 0. The first-order valence-electron chi connectivity index (χ1n) is 3.70. The summed E-state index contributed by atoms with van der Waals surface area (Å²) in [5, 5.41) is 9.54. The first-order chi connectivity index (χ1) is 6.11. The fourth-order valence-corrected chi connectivity index (χ4v) is 2.56. The molecule has 1 aliphatic heterocycles. The fourth-order valence-electron chi connectivity index (χ4n) is 1.29. The van der Waals surface area contributed by atoms with Crippen molar-refractivity contribution < 1.29 is 9.84 Å². The predicted octanol–water partition coefficient (Wildman–Crippen LogP) is 2.31. The van der Waals surface area contributed by atoms with Crippen molar-refractivity contribution in [1.29, 1.82) is 0 Å². The highest BCUT2D eigenvalue weighted by molar-refractivity contribution is 9.11. The third-order valence-corrected chi connectivity index (χ3v) is 3.32. The van der Waals surface area contributed by atoms with Gasteiger partial charge in [0.1, 0.15) is 22.6 Å². The number of hydrogen-bond donors (Lipinski definition) is 2. The number of ether oxygens (including phenoxy) is 1. The topological polar surface area (TPSA) is 55.5 Å². The van der Waals surface area contributed by atoms with E-state index in [0.29, 0.717) is 21.3 Å². The summed E-state index contributed by atoms with van der Waals surface area (Å²) in [5.41, 5.74) is 6.70. The van der Waals surface area contributed by atoms with Gasteiger partial charge in [-0.1, -0.05) is 0 Å². The molecule has 1 atom stereocenters. The zero-order valence-corrected chi connectivity index (χ0v) is 9.72. The molecule has 3 nitrogen and oxygen atoms in total. The smallest absolute Gasteiger partial charge is 0.147 e. The van der Waals surface area contributed by atoms with Crippen LogP contribution in [0.1, 0.15) is 11.6 Å². The Morgan fingerprint density at radius 1 is 1.54 bits per heavy atom. The zero-order valence-electron chi connectivity index (χ0n) is 6.55. The van der Waals surface area contributed by atoms with Gasteiger partial charge in [0.25, 0.3) is 0 Å². The Morgan fingerprint density at radius 3 is 2.92 bits per heavy atom. The Labute approximate surface area is 92.1 Å². The second-order valence-corrected chi connectivity index (χ2v) is 4.50. The standard InChI is InChI=1S/C8H7Br2NO2/c9-4-1-3-5(11)2-13-8(3)6(10)7(4)12/h1,5,12H,2,11H2/t5-/m0/s1. The maximum absolute atomic E-state index is 9.54. The molecule has 0 fully saturated rings. The molecule has 0 unspecified atom stereocenters. The Hall–Kier alpha value is -0.260. The van der Waals surface area contributed by atoms with Gasteiger partial charge in [-0.05, 0) is 37.9 Å². The maximum Gasteiger partial charge on any atom is 0.147 e. The first-order valence-corrected chi connectivity index (χ1v) is 5.29. The van der Waals surface area contributed by atoms with Crippen LogP contribution in [0, 0.1) is 0 Å². The van der Waals surface area contributed by atoms with E-state index in [4.69, 9.17) is 10.5 Å². The Balaban J connectivity index is 2.67. The average molecular weight is 309 g/mol. The average Bonchev–Trinajstić information content (AvgIpc) is 2.45. The van der Waals surface area contributed by atoms with E-state index < -0.39 is 0 Å². The molecule has 0 aromatic heterocycles. The van der Waals surface area contributed by atoms with Crippen LogP contribution in [0.25, 0.3) is 0 Å². The SMILES string of the molecule is N[C@H]1COc2c1cc(Br)c(O)c2Br. The lowest BCUT2D eigenvalue weighted by Crippen LogP contribution is -2.10. The number of phenolic OH excluding ortho intramolecular Hbond substituents is 1. The van der Waals surface area contributed by atoms with E-state index in [2.05, 4.69) is 31.9 Å². The molecule has 0 spiro atoms. The van der Waals surface area contributed by atoms with E-state index in [1.165, 1.54) is 0 Å². The van der Waals surface area contributed by atoms with Gasteiger partial charge in [-0.15, -0.1) is 0 Å². The van der Waals surface area contributed by atoms with Crippen molar-refractivity contribution in [1.82, 2.24) is 0 Å². The number of rotatable bonds is 0. The predicted molar refractivity (Wildman–Crippen MR) is 55.9 cm³/mol. The molecule has 13 heavy (non-hydrogen) atoms. The van der Waals surface area contributed by atoms with Gasteiger partial charge in [-0.2, -0.15) is 0 Å². The van der Waals surface area contributed by atoms with Gasteiger partial charge < -0.3 is 15.6 Å². The van der Waals surface area contributed by atoms with Crippen LogP contribution in [0.2, 0.25) is 0 Å². The van der Waals surface area contributed by atoms with Crippen molar-refractivity contribution in [2.24, 2.45) is 5.73 Å². The molecule has 0 aliphatic carbocycles. The molecular weight excluding hydrogens is 302 g/mol. The second-order valence-electron chi connectivity index (χ2n) is 2.86. The summed E-state index contributed by atoms with van der Waals surface area (Å²) < 4.78 is 6.51. The van der Waals surface area contributed by atoms with Gasteiger partial charge in [0.05, 0.1) is 10.5 Å². The molecule has 3 N–H and O–H groups in total. The Kier molecular flexibility index (Phi) is 2.25. The minimum absolute atomic E-state index is 0.108. The molecule has 0 radical (unpaired) electrons. The number of fused-ring (bicyclic) bond motifs is 1. The Bertz CT molecular complexity index is 368. The van der Waals surface area contributed by atoms with Crippen molar-refractivity contribution >= 4 is 31.9 Å². The highest BCUT2D eigenvalue weighted by atomic mass is 79.9. The molecular formula is C8H7Br2NO2. The highest BCUT2D eigenvalue weighted by Gasteiger charge is 2.26. The summed E-state index contributed by atoms with van der Waals surface area (Å²) in [4.78, 5) is 0. The van der Waals surface area contributed by atoms with Crippen molar-refractivity contribution in [2.75, 3.05) is 6.61 Å². The molecule has 1 aromatic carbocycles. The lowest BCUT2D eigenvalue weighted by Gasteiger charge is -2.06. The van der Waals surface area contributed by atoms with E-state index in [0.717, 1.165) is 5.56 Å². The van der Waals surface area contributed by atoms with Crippen LogP contribution in [0.15, 0.2) is 15.0 Å². The fraction of sp³-hybridized carbons (Fsp3) is 0.250. The summed E-state index contributed by atoms with van der Waals surface area (Å²) in [7, 11) is 0. The van der Waals surface area contributed by atoms with Gasteiger partial charge in [-0.3, -0.25) is 0 Å². The number of halogens is 2. The lowest BCUT2D eigenvalue weighted by molar-refractivity contribution is 0.330. The van der Waals surface area contributed by atoms with Crippen molar-refractivity contribution in [3.63, 3.8) is 0 Å². The first kappa shape index (κ1) is 9.30. The number of phenols is 1. The quantitative estimate of drug-likeness (QED) is 0.773. The van der Waals surface area contributed by atoms with E-state index in [9.17, 15) is 5.11 Å². The van der Waals surface area contributed by atoms with E-state index in [1.807, 2.05) is 0 Å². The third kappa shape index (κ3) is 1.35. The van der Waals surface area contributed by atoms with Crippen LogP contribution in [-0.2, 0) is 0 Å². The maximum atomic E-state index is 9.54. The number of nitrogens with two attached hydrogens (primary N) is 1. The third-order valence-electron chi connectivity index (χ3n) is 1.98. The highest BCUT2D eigenvalue weighted by Crippen LogP contribution is 2.46. The van der Waals surface area contributed by atoms with Gasteiger partial charge >= 0.3 is 0 Å². The van der Waals surface area contributed by atoms with Crippen LogP contribution < -0.4 is 10.5 Å². The number of aromatic hydroxyl groups is 1. The van der Waals surface area contributed by atoms with Gasteiger partial charge in [0.2, 0.25) is 0 Å². The van der Waals surface area contributed by atoms with Crippen molar-refractivity contribution in [3.05, 3.63) is 20.6 Å². The zero-order chi connectivity index (χ0) is 9.59. The molecule has 5 heteroatoms. The second kappa shape index (κ2) is 3.15. The van der Waals surface area contributed by atoms with E-state index in [1.54, 1.807) is 6.07 Å². The molecule has 70 valence electrons. The van der Waals surface area contributed by atoms with Crippen molar-refractivity contribution in [3.8, 4) is 11.5 Å². The normalized spacial score (nSPS) is 19.8. The summed E-state index contributed by atoms with van der Waals surface area (Å²) >= 11 is 6.48. The van der Waals surface area contributed by atoms with Crippen molar-refractivity contribution in [2.45, 2.75) is 6.04 Å². The Morgan fingerprint density at radius 2 is 2.23 bits per heavy atom. The molecule has 0 saturated heterocycles. The summed E-state index contributed by atoms with van der Waals surface area (Å²) in [6.45, 7) is 0.462. The van der Waals surface area contributed by atoms with Crippen LogP contribution in [0.5, 0.6) is 11.5 Å². The minimum atomic E-state index is -0.108. The van der Waals surface area contributed by atoms with Crippen LogP contribution in [-0.4, -0.2) is 11.7 Å². The van der Waals surface area contributed by atoms with Crippen LogP contribution in [0.3, 0.4) is 0 Å². The molecule has 2 rings (SSSR count). The van der Waals surface area contributed by atoms with Gasteiger partial charge in [-0.25, -0.2) is 0 Å². The lowest BCUT2D eigenvalue weighted by atomic mass is 10.1. The van der Waals surface area contributed by atoms with Crippen LogP contribution >= 0.6 is 31.9 Å². The summed E-state index contributed by atoms with van der Waals surface area (Å²) in [6, 6.07) is 1.68. The molecule has 0 saturated carbocycles. The van der Waals surface area contributed by atoms with E-state index >= 15 is 0 Å². The monoisotopic (exact) mass is 307 g/mol. The summed E-state index contributed by atoms with van der Waals surface area (Å²) in [5.74, 6) is 0.793.